The summed E-state index contributed by atoms with van der Waals surface area (Å²) >= 11 is 1.92. The van der Waals surface area contributed by atoms with E-state index in [1.807, 2.05) is 11.8 Å². The molecule has 0 bridgehead atoms. The Labute approximate surface area is 99.5 Å². The molecule has 0 aliphatic carbocycles. The van der Waals surface area contributed by atoms with E-state index in [-0.39, 0.29) is 0 Å². The van der Waals surface area contributed by atoms with Gasteiger partial charge in [-0.15, -0.1) is 0 Å². The van der Waals surface area contributed by atoms with Crippen molar-refractivity contribution in [3.63, 3.8) is 0 Å². The van der Waals surface area contributed by atoms with Crippen LogP contribution in [-0.4, -0.2) is 38.3 Å². The van der Waals surface area contributed by atoms with Crippen LogP contribution in [0.4, 0.5) is 0 Å². The molecule has 92 valence electrons. The van der Waals surface area contributed by atoms with Crippen LogP contribution in [0.3, 0.4) is 0 Å². The number of methoxy groups -OCH3 is 1. The molecule has 0 radical (unpaired) electrons. The van der Waals surface area contributed by atoms with Crippen molar-refractivity contribution in [3.8, 4) is 0 Å². The molecule has 15 heavy (non-hydrogen) atoms. The quantitative estimate of drug-likeness (QED) is 0.627. The fourth-order valence-electron chi connectivity index (χ4n) is 1.61. The topological polar surface area (TPSA) is 21.3 Å². The summed E-state index contributed by atoms with van der Waals surface area (Å²) in [6, 6.07) is 0.541. The third-order valence-corrected chi connectivity index (χ3v) is 3.38. The van der Waals surface area contributed by atoms with Crippen molar-refractivity contribution in [2.45, 2.75) is 39.2 Å². The van der Waals surface area contributed by atoms with Crippen molar-refractivity contribution < 1.29 is 4.74 Å². The average Bonchev–Trinajstić information content (AvgIpc) is 2.22. The van der Waals surface area contributed by atoms with E-state index in [9.17, 15) is 0 Å². The van der Waals surface area contributed by atoms with Gasteiger partial charge in [0.05, 0.1) is 6.61 Å². The van der Waals surface area contributed by atoms with Crippen molar-refractivity contribution in [1.29, 1.82) is 0 Å². The number of nitrogens with one attached hydrogen (secondary N) is 1. The van der Waals surface area contributed by atoms with Gasteiger partial charge in [-0.25, -0.2) is 0 Å². The van der Waals surface area contributed by atoms with E-state index in [0.29, 0.717) is 6.04 Å². The van der Waals surface area contributed by atoms with E-state index in [1.54, 1.807) is 7.11 Å². The highest BCUT2D eigenvalue weighted by atomic mass is 32.2. The molecule has 0 saturated carbocycles. The molecule has 0 fully saturated rings. The molecular formula is C12H27NOS. The van der Waals surface area contributed by atoms with Crippen molar-refractivity contribution in [2.24, 2.45) is 5.92 Å². The maximum absolute atomic E-state index is 5.23. The third-order valence-electron chi connectivity index (χ3n) is 2.48. The second-order valence-corrected chi connectivity index (χ2v) is 5.17. The van der Waals surface area contributed by atoms with Crippen LogP contribution in [0.5, 0.6) is 0 Å². The van der Waals surface area contributed by atoms with Gasteiger partial charge in [-0.2, -0.15) is 11.8 Å². The average molecular weight is 233 g/mol. The summed E-state index contributed by atoms with van der Waals surface area (Å²) in [5.74, 6) is 1.99. The summed E-state index contributed by atoms with van der Waals surface area (Å²) < 4.78 is 5.23. The molecule has 0 rings (SSSR count). The highest BCUT2D eigenvalue weighted by molar-refractivity contribution is 7.98. The minimum absolute atomic E-state index is 0.541. The highest BCUT2D eigenvalue weighted by Crippen LogP contribution is 2.05. The number of hydrogen-bond donors (Lipinski definition) is 1. The van der Waals surface area contributed by atoms with Crippen LogP contribution in [-0.2, 0) is 4.74 Å². The van der Waals surface area contributed by atoms with Crippen LogP contribution >= 0.6 is 11.8 Å². The number of ether oxygens (including phenoxy) is 1. The largest absolute Gasteiger partial charge is 0.383 e. The van der Waals surface area contributed by atoms with Gasteiger partial charge in [0, 0.05) is 13.2 Å². The molecule has 0 amide bonds. The number of hydrogen-bond acceptors (Lipinski definition) is 3. The molecule has 3 heteroatoms. The van der Waals surface area contributed by atoms with E-state index in [2.05, 4.69) is 25.4 Å². The highest BCUT2D eigenvalue weighted by Gasteiger charge is 2.09. The Morgan fingerprint density at radius 2 is 2.13 bits per heavy atom. The van der Waals surface area contributed by atoms with Crippen LogP contribution in [0.25, 0.3) is 0 Å². The van der Waals surface area contributed by atoms with Gasteiger partial charge in [0.2, 0.25) is 0 Å². The van der Waals surface area contributed by atoms with Gasteiger partial charge < -0.3 is 10.1 Å². The zero-order chi connectivity index (χ0) is 11.5. The molecule has 2 unspecified atom stereocenters. The lowest BCUT2D eigenvalue weighted by Gasteiger charge is -2.20. The van der Waals surface area contributed by atoms with E-state index >= 15 is 0 Å². The molecule has 0 aromatic rings. The van der Waals surface area contributed by atoms with Crippen LogP contribution in [0, 0.1) is 5.92 Å². The van der Waals surface area contributed by atoms with Crippen molar-refractivity contribution >= 4 is 11.8 Å². The Kier molecular flexibility index (Phi) is 11.0. The summed E-state index contributed by atoms with van der Waals surface area (Å²) in [5, 5.41) is 3.60. The lowest BCUT2D eigenvalue weighted by atomic mass is 10.1. The molecule has 0 saturated heterocycles. The maximum Gasteiger partial charge on any atom is 0.0615 e. The van der Waals surface area contributed by atoms with E-state index in [1.165, 1.54) is 25.0 Å². The minimum atomic E-state index is 0.541. The Balaban J connectivity index is 3.63. The van der Waals surface area contributed by atoms with Crippen LogP contribution < -0.4 is 5.32 Å². The van der Waals surface area contributed by atoms with Gasteiger partial charge in [-0.3, -0.25) is 0 Å². The Bertz CT molecular complexity index is 133. The van der Waals surface area contributed by atoms with Gasteiger partial charge >= 0.3 is 0 Å². The van der Waals surface area contributed by atoms with E-state index < -0.39 is 0 Å². The molecule has 2 atom stereocenters. The predicted octanol–water partition coefficient (Wildman–Crippen LogP) is 2.78. The van der Waals surface area contributed by atoms with Crippen molar-refractivity contribution in [3.05, 3.63) is 0 Å². The number of thioether (sulfide) groups is 1. The fourth-order valence-corrected chi connectivity index (χ4v) is 2.29. The van der Waals surface area contributed by atoms with Gasteiger partial charge in [0.15, 0.2) is 0 Å². The summed E-state index contributed by atoms with van der Waals surface area (Å²) in [7, 11) is 1.78. The zero-order valence-corrected chi connectivity index (χ0v) is 11.5. The van der Waals surface area contributed by atoms with E-state index in [4.69, 9.17) is 4.74 Å². The summed E-state index contributed by atoms with van der Waals surface area (Å²) in [6.45, 7) is 6.48. The summed E-state index contributed by atoms with van der Waals surface area (Å²) in [4.78, 5) is 0. The van der Waals surface area contributed by atoms with Gasteiger partial charge in [0.1, 0.15) is 0 Å². The Morgan fingerprint density at radius 1 is 1.40 bits per heavy atom. The van der Waals surface area contributed by atoms with Crippen molar-refractivity contribution in [1.82, 2.24) is 5.32 Å². The van der Waals surface area contributed by atoms with Crippen molar-refractivity contribution in [2.75, 3.05) is 32.3 Å². The number of rotatable bonds is 10. The Morgan fingerprint density at radius 3 is 2.67 bits per heavy atom. The number of unbranched alkanes of at least 4 members (excludes halogenated alkanes) is 1. The molecule has 0 aromatic heterocycles. The third kappa shape index (κ3) is 9.21. The normalized spacial score (nSPS) is 15.2. The van der Waals surface area contributed by atoms with E-state index in [0.717, 1.165) is 19.1 Å². The monoisotopic (exact) mass is 233 g/mol. The second-order valence-electron chi connectivity index (χ2n) is 4.26. The van der Waals surface area contributed by atoms with Crippen LogP contribution in [0.15, 0.2) is 0 Å². The predicted molar refractivity (Wildman–Crippen MR) is 70.7 cm³/mol. The molecule has 0 spiro atoms. The lowest BCUT2D eigenvalue weighted by molar-refractivity contribution is 0.159. The molecule has 0 heterocycles. The summed E-state index contributed by atoms with van der Waals surface area (Å²) in [6.07, 6.45) is 5.96. The standard InChI is InChI=1S/C12H27NOS/c1-5-6-7-12(9-14-3)13-8-11(2)10-15-4/h11-13H,5-10H2,1-4H3. The molecule has 0 aromatic carbocycles. The van der Waals surface area contributed by atoms with Crippen LogP contribution in [0.1, 0.15) is 33.1 Å². The first kappa shape index (κ1) is 15.3. The molecule has 1 N–H and O–H groups in total. The van der Waals surface area contributed by atoms with Gasteiger partial charge in [-0.05, 0) is 30.9 Å². The lowest BCUT2D eigenvalue weighted by Crippen LogP contribution is -2.36. The smallest absolute Gasteiger partial charge is 0.0615 e. The SMILES string of the molecule is CCCCC(COC)NCC(C)CSC. The molecule has 0 aliphatic rings. The van der Waals surface area contributed by atoms with Gasteiger partial charge in [0.25, 0.3) is 0 Å². The van der Waals surface area contributed by atoms with Crippen LogP contribution in [0.2, 0.25) is 0 Å². The minimum Gasteiger partial charge on any atom is -0.383 e. The molecule has 0 aliphatic heterocycles. The first-order chi connectivity index (χ1) is 7.24. The molecular weight excluding hydrogens is 206 g/mol. The summed E-state index contributed by atoms with van der Waals surface area (Å²) in [5.41, 5.74) is 0. The van der Waals surface area contributed by atoms with Gasteiger partial charge in [-0.1, -0.05) is 26.7 Å². The second kappa shape index (κ2) is 10.8. The Hall–Kier alpha value is 0.270. The zero-order valence-electron chi connectivity index (χ0n) is 10.7. The fraction of sp³-hybridized carbons (Fsp3) is 1.00. The first-order valence-electron chi connectivity index (χ1n) is 5.95. The molecule has 2 nitrogen and oxygen atoms in total. The maximum atomic E-state index is 5.23. The first-order valence-corrected chi connectivity index (χ1v) is 7.35.